The lowest BCUT2D eigenvalue weighted by Gasteiger charge is -2.29. The zero-order valence-electron chi connectivity index (χ0n) is 11.1. The summed E-state index contributed by atoms with van der Waals surface area (Å²) in [6.45, 7) is 3.53. The highest BCUT2D eigenvalue weighted by molar-refractivity contribution is 5.14. The van der Waals surface area contributed by atoms with Gasteiger partial charge < -0.3 is 14.9 Å². The molecule has 0 spiro atoms. The van der Waals surface area contributed by atoms with Gasteiger partial charge in [0.05, 0.1) is 19.3 Å². The van der Waals surface area contributed by atoms with Gasteiger partial charge in [-0.25, -0.2) is 0 Å². The number of aliphatic hydroxyl groups is 2. The predicted octanol–water partition coefficient (Wildman–Crippen LogP) is 0.877. The Labute approximate surface area is 109 Å². The highest BCUT2D eigenvalue weighted by Crippen LogP contribution is 2.09. The number of aliphatic hydroxyl groups excluding tert-OH is 2. The molecule has 0 aromatic heterocycles. The van der Waals surface area contributed by atoms with Crippen LogP contribution in [0.5, 0.6) is 0 Å². The molecule has 1 rings (SSSR count). The minimum Gasteiger partial charge on any atom is -0.395 e. The average Bonchev–Trinajstić information content (AvgIpc) is 2.38. The highest BCUT2D eigenvalue weighted by atomic mass is 16.5. The molecule has 4 heteroatoms. The quantitative estimate of drug-likeness (QED) is 0.722. The van der Waals surface area contributed by atoms with Crippen molar-refractivity contribution in [1.82, 2.24) is 4.90 Å². The van der Waals surface area contributed by atoms with Gasteiger partial charge in [-0.1, -0.05) is 30.3 Å². The minimum atomic E-state index is -0.535. The highest BCUT2D eigenvalue weighted by Gasteiger charge is 2.17. The summed E-state index contributed by atoms with van der Waals surface area (Å²) >= 11 is 0. The van der Waals surface area contributed by atoms with Crippen LogP contribution in [-0.2, 0) is 11.3 Å². The molecular weight excluding hydrogens is 230 g/mol. The van der Waals surface area contributed by atoms with Crippen LogP contribution in [-0.4, -0.2) is 54.1 Å². The number of rotatable bonds is 8. The van der Waals surface area contributed by atoms with Gasteiger partial charge in [-0.3, -0.25) is 4.90 Å². The van der Waals surface area contributed by atoms with E-state index in [1.54, 1.807) is 7.11 Å². The largest absolute Gasteiger partial charge is 0.395 e. The standard InChI is InChI=1S/C14H23NO3/c1-12(10-16)15(9-14(17)11-18-2)8-13-6-4-3-5-7-13/h3-7,12,14,16-17H,8-11H2,1-2H3/t12-,14-/m0/s1. The summed E-state index contributed by atoms with van der Waals surface area (Å²) in [6.07, 6.45) is -0.535. The Bertz CT molecular complexity index is 318. The van der Waals surface area contributed by atoms with Crippen LogP contribution in [0.2, 0.25) is 0 Å². The summed E-state index contributed by atoms with van der Waals surface area (Å²) in [5, 5.41) is 19.1. The Morgan fingerprint density at radius 3 is 2.50 bits per heavy atom. The van der Waals surface area contributed by atoms with Crippen LogP contribution in [0.3, 0.4) is 0 Å². The molecule has 0 fully saturated rings. The van der Waals surface area contributed by atoms with Gasteiger partial charge in [-0.05, 0) is 12.5 Å². The van der Waals surface area contributed by atoms with E-state index in [2.05, 4.69) is 4.90 Å². The Balaban J connectivity index is 2.61. The van der Waals surface area contributed by atoms with Crippen molar-refractivity contribution in [2.45, 2.75) is 25.6 Å². The van der Waals surface area contributed by atoms with Crippen LogP contribution >= 0.6 is 0 Å². The maximum atomic E-state index is 9.79. The molecule has 0 aliphatic heterocycles. The van der Waals surface area contributed by atoms with E-state index < -0.39 is 6.10 Å². The van der Waals surface area contributed by atoms with Crippen LogP contribution in [0.15, 0.2) is 30.3 Å². The predicted molar refractivity (Wildman–Crippen MR) is 71.3 cm³/mol. The zero-order valence-corrected chi connectivity index (χ0v) is 11.1. The van der Waals surface area contributed by atoms with Gasteiger partial charge in [-0.15, -0.1) is 0 Å². The zero-order chi connectivity index (χ0) is 13.4. The van der Waals surface area contributed by atoms with E-state index >= 15 is 0 Å². The number of methoxy groups -OCH3 is 1. The third-order valence-corrected chi connectivity index (χ3v) is 2.92. The molecule has 0 heterocycles. The molecule has 2 atom stereocenters. The number of nitrogens with zero attached hydrogens (tertiary/aromatic N) is 1. The molecule has 0 saturated heterocycles. The van der Waals surface area contributed by atoms with Crippen molar-refractivity contribution in [3.8, 4) is 0 Å². The molecule has 0 aliphatic rings. The van der Waals surface area contributed by atoms with Gasteiger partial charge in [0.15, 0.2) is 0 Å². The van der Waals surface area contributed by atoms with E-state index in [1.807, 2.05) is 37.3 Å². The lowest BCUT2D eigenvalue weighted by molar-refractivity contribution is 0.0175. The van der Waals surface area contributed by atoms with E-state index in [4.69, 9.17) is 4.74 Å². The molecule has 0 bridgehead atoms. The van der Waals surface area contributed by atoms with Crippen molar-refractivity contribution < 1.29 is 14.9 Å². The summed E-state index contributed by atoms with van der Waals surface area (Å²) in [7, 11) is 1.57. The summed E-state index contributed by atoms with van der Waals surface area (Å²) in [4.78, 5) is 2.05. The lowest BCUT2D eigenvalue weighted by atomic mass is 10.1. The van der Waals surface area contributed by atoms with Crippen molar-refractivity contribution in [1.29, 1.82) is 0 Å². The number of hydrogen-bond acceptors (Lipinski definition) is 4. The molecule has 0 saturated carbocycles. The summed E-state index contributed by atoms with van der Waals surface area (Å²) < 4.78 is 4.93. The van der Waals surface area contributed by atoms with Gasteiger partial charge in [0.1, 0.15) is 0 Å². The van der Waals surface area contributed by atoms with Crippen molar-refractivity contribution >= 4 is 0 Å². The molecule has 4 nitrogen and oxygen atoms in total. The first-order chi connectivity index (χ1) is 8.67. The van der Waals surface area contributed by atoms with Crippen molar-refractivity contribution in [3.63, 3.8) is 0 Å². The second-order valence-corrected chi connectivity index (χ2v) is 4.56. The molecule has 102 valence electrons. The molecule has 1 aromatic carbocycles. The Morgan fingerprint density at radius 2 is 1.94 bits per heavy atom. The van der Waals surface area contributed by atoms with Gasteiger partial charge in [0.25, 0.3) is 0 Å². The summed E-state index contributed by atoms with van der Waals surface area (Å²) in [5.41, 5.74) is 1.17. The maximum Gasteiger partial charge on any atom is 0.0900 e. The maximum absolute atomic E-state index is 9.79. The molecule has 18 heavy (non-hydrogen) atoms. The van der Waals surface area contributed by atoms with Crippen molar-refractivity contribution in [3.05, 3.63) is 35.9 Å². The van der Waals surface area contributed by atoms with E-state index in [9.17, 15) is 10.2 Å². The lowest BCUT2D eigenvalue weighted by Crippen LogP contribution is -2.41. The fraction of sp³-hybridized carbons (Fsp3) is 0.571. The monoisotopic (exact) mass is 253 g/mol. The second-order valence-electron chi connectivity index (χ2n) is 4.56. The van der Waals surface area contributed by atoms with E-state index in [1.165, 1.54) is 5.56 Å². The van der Waals surface area contributed by atoms with Crippen molar-refractivity contribution in [2.24, 2.45) is 0 Å². The summed E-state index contributed by atoms with van der Waals surface area (Å²) in [5.74, 6) is 0. The van der Waals surface area contributed by atoms with Crippen LogP contribution in [0.25, 0.3) is 0 Å². The average molecular weight is 253 g/mol. The van der Waals surface area contributed by atoms with Gasteiger partial charge in [0.2, 0.25) is 0 Å². The first-order valence-corrected chi connectivity index (χ1v) is 6.23. The Morgan fingerprint density at radius 1 is 1.28 bits per heavy atom. The topological polar surface area (TPSA) is 52.9 Å². The van der Waals surface area contributed by atoms with Gasteiger partial charge >= 0.3 is 0 Å². The first-order valence-electron chi connectivity index (χ1n) is 6.23. The number of hydrogen-bond donors (Lipinski definition) is 2. The Hall–Kier alpha value is -0.940. The van der Waals surface area contributed by atoms with E-state index in [0.29, 0.717) is 19.7 Å². The number of benzene rings is 1. The summed E-state index contributed by atoms with van der Waals surface area (Å²) in [6, 6.07) is 10.0. The third-order valence-electron chi connectivity index (χ3n) is 2.92. The second kappa shape index (κ2) is 8.21. The fourth-order valence-electron chi connectivity index (χ4n) is 1.85. The van der Waals surface area contributed by atoms with Crippen LogP contribution in [0.4, 0.5) is 0 Å². The van der Waals surface area contributed by atoms with Crippen LogP contribution in [0, 0.1) is 0 Å². The number of ether oxygens (including phenoxy) is 1. The smallest absolute Gasteiger partial charge is 0.0900 e. The van der Waals surface area contributed by atoms with Gasteiger partial charge in [0, 0.05) is 26.2 Å². The van der Waals surface area contributed by atoms with E-state index in [0.717, 1.165) is 0 Å². The molecular formula is C14H23NO3. The van der Waals surface area contributed by atoms with Crippen LogP contribution in [0.1, 0.15) is 12.5 Å². The van der Waals surface area contributed by atoms with Crippen LogP contribution < -0.4 is 0 Å². The molecule has 0 radical (unpaired) electrons. The molecule has 1 aromatic rings. The Kier molecular flexibility index (Phi) is 6.90. The van der Waals surface area contributed by atoms with Crippen molar-refractivity contribution in [2.75, 3.05) is 26.9 Å². The minimum absolute atomic E-state index is 0.0108. The van der Waals surface area contributed by atoms with E-state index in [-0.39, 0.29) is 12.6 Å². The fourth-order valence-corrected chi connectivity index (χ4v) is 1.85. The molecule has 0 amide bonds. The van der Waals surface area contributed by atoms with Gasteiger partial charge in [-0.2, -0.15) is 0 Å². The third kappa shape index (κ3) is 5.14. The molecule has 2 N–H and O–H groups in total. The SMILES string of the molecule is COC[C@@H](O)CN(Cc1ccccc1)[C@@H](C)CO. The first kappa shape index (κ1) is 15.1. The normalized spacial score (nSPS) is 14.7. The molecule has 0 unspecified atom stereocenters. The molecule has 0 aliphatic carbocycles.